The number of carbonyl (C=O) groups excluding carboxylic acids is 1. The molecule has 0 saturated heterocycles. The molecule has 1 aromatic heterocycles. The number of aryl methyl sites for hydroxylation is 2. The number of rotatable bonds is 7. The van der Waals surface area contributed by atoms with Crippen LogP contribution in [0.25, 0.3) is 0 Å². The molecule has 2 amide bonds. The minimum absolute atomic E-state index is 0.0938. The number of H-pyrrole nitrogens is 1. The number of alkyl halides is 3. The van der Waals surface area contributed by atoms with Crippen molar-refractivity contribution in [2.24, 2.45) is 0 Å². The molecule has 8 nitrogen and oxygen atoms in total. The van der Waals surface area contributed by atoms with Crippen molar-refractivity contribution in [1.29, 1.82) is 0 Å². The van der Waals surface area contributed by atoms with Crippen molar-refractivity contribution in [3.05, 3.63) is 62.1 Å². The van der Waals surface area contributed by atoms with Gasteiger partial charge >= 0.3 is 12.3 Å². The molecule has 1 heterocycles. The predicted octanol–water partition coefficient (Wildman–Crippen LogP) is 4.65. The van der Waals surface area contributed by atoms with Crippen molar-refractivity contribution in [1.82, 2.24) is 15.6 Å². The van der Waals surface area contributed by atoms with Gasteiger partial charge in [-0.3, -0.25) is 9.59 Å². The molecule has 202 valence electrons. The van der Waals surface area contributed by atoms with Crippen LogP contribution in [0.5, 0.6) is 0 Å². The number of aromatic amines is 1. The Labute approximate surface area is 213 Å². The lowest BCUT2D eigenvalue weighted by molar-refractivity contribution is -0.137. The van der Waals surface area contributed by atoms with Gasteiger partial charge in [-0.15, -0.1) is 0 Å². The number of carbonyl (C=O) groups is 2. The number of carboxylic acid groups (broad SMARTS) is 1. The first-order valence-corrected chi connectivity index (χ1v) is 12.3. The Morgan fingerprint density at radius 3 is 2.30 bits per heavy atom. The largest absolute Gasteiger partial charge is 0.465 e. The number of pyridine rings is 1. The van der Waals surface area contributed by atoms with Crippen LogP contribution in [0.4, 0.5) is 23.7 Å². The third kappa shape index (κ3) is 6.64. The van der Waals surface area contributed by atoms with Gasteiger partial charge in [0.25, 0.3) is 11.5 Å². The summed E-state index contributed by atoms with van der Waals surface area (Å²) in [5, 5.41) is 14.1. The normalized spacial score (nSPS) is 17.8. The Balaban J connectivity index is 1.91. The molecule has 11 heteroatoms. The number of benzene rings is 1. The minimum Gasteiger partial charge on any atom is -0.465 e. The van der Waals surface area contributed by atoms with E-state index in [0.717, 1.165) is 12.1 Å². The fraction of sp³-hybridized carbons (Fsp3) is 0.500. The highest BCUT2D eigenvalue weighted by atomic mass is 19.4. The molecule has 1 aliphatic carbocycles. The zero-order valence-corrected chi connectivity index (χ0v) is 21.4. The van der Waals surface area contributed by atoms with Crippen molar-refractivity contribution < 1.29 is 27.9 Å². The molecule has 0 radical (unpaired) electrons. The van der Waals surface area contributed by atoms with E-state index in [0.29, 0.717) is 60.3 Å². The van der Waals surface area contributed by atoms with Gasteiger partial charge in [-0.2, -0.15) is 13.2 Å². The average molecular weight is 523 g/mol. The van der Waals surface area contributed by atoms with Gasteiger partial charge < -0.3 is 25.6 Å². The number of amides is 2. The van der Waals surface area contributed by atoms with Gasteiger partial charge in [-0.05, 0) is 82.7 Å². The van der Waals surface area contributed by atoms with E-state index in [-0.39, 0.29) is 29.8 Å². The summed E-state index contributed by atoms with van der Waals surface area (Å²) in [6.07, 6.45) is -3.41. The molecule has 1 saturated carbocycles. The first kappa shape index (κ1) is 28.1. The van der Waals surface area contributed by atoms with Crippen LogP contribution < -0.4 is 21.1 Å². The fourth-order valence-electron chi connectivity index (χ4n) is 5.09. The Hall–Kier alpha value is -3.50. The summed E-state index contributed by atoms with van der Waals surface area (Å²) < 4.78 is 41.6. The van der Waals surface area contributed by atoms with E-state index in [1.54, 1.807) is 26.8 Å². The second-order valence-electron chi connectivity index (χ2n) is 9.53. The molecule has 37 heavy (non-hydrogen) atoms. The summed E-state index contributed by atoms with van der Waals surface area (Å²) in [7, 11) is 0. The monoisotopic (exact) mass is 522 g/mol. The van der Waals surface area contributed by atoms with Crippen LogP contribution in [0.2, 0.25) is 0 Å². The van der Waals surface area contributed by atoms with Crippen molar-refractivity contribution in [3.63, 3.8) is 0 Å². The molecule has 2 aromatic rings. The maximum atomic E-state index is 13.9. The summed E-state index contributed by atoms with van der Waals surface area (Å²) in [4.78, 5) is 40.9. The number of nitrogens with zero attached hydrogens (tertiary/aromatic N) is 1. The van der Waals surface area contributed by atoms with Crippen molar-refractivity contribution in [2.75, 3.05) is 11.4 Å². The highest BCUT2D eigenvalue weighted by Crippen LogP contribution is 2.37. The molecule has 0 bridgehead atoms. The first-order chi connectivity index (χ1) is 17.3. The van der Waals surface area contributed by atoms with Crippen LogP contribution in [0, 0.1) is 20.8 Å². The lowest BCUT2D eigenvalue weighted by Gasteiger charge is -2.39. The molecule has 1 fully saturated rings. The Morgan fingerprint density at radius 2 is 1.76 bits per heavy atom. The highest BCUT2D eigenvalue weighted by Gasteiger charge is 2.35. The third-order valence-corrected chi connectivity index (χ3v) is 6.99. The molecule has 0 atom stereocenters. The Kier molecular flexibility index (Phi) is 8.55. The fourth-order valence-corrected chi connectivity index (χ4v) is 5.09. The van der Waals surface area contributed by atoms with E-state index in [2.05, 4.69) is 15.6 Å². The molecule has 0 aliphatic heterocycles. The Bertz CT molecular complexity index is 1220. The number of hydrogen-bond acceptors (Lipinski definition) is 4. The number of aromatic nitrogens is 1. The molecule has 0 spiro atoms. The number of halogens is 3. The summed E-state index contributed by atoms with van der Waals surface area (Å²) in [6, 6.07) is 3.40. The lowest BCUT2D eigenvalue weighted by Crippen LogP contribution is -2.44. The van der Waals surface area contributed by atoms with Gasteiger partial charge in [0.2, 0.25) is 0 Å². The molecular formula is C26H33F3N4O4. The van der Waals surface area contributed by atoms with Gasteiger partial charge in [0.05, 0.1) is 5.56 Å². The molecule has 4 N–H and O–H groups in total. The van der Waals surface area contributed by atoms with Gasteiger partial charge in [0.15, 0.2) is 0 Å². The average Bonchev–Trinajstić information content (AvgIpc) is 2.79. The van der Waals surface area contributed by atoms with E-state index in [1.165, 1.54) is 0 Å². The maximum absolute atomic E-state index is 13.9. The molecule has 1 aromatic carbocycles. The van der Waals surface area contributed by atoms with Crippen molar-refractivity contribution >= 4 is 17.7 Å². The van der Waals surface area contributed by atoms with Gasteiger partial charge in [0, 0.05) is 47.7 Å². The number of nitrogens with one attached hydrogen (secondary N) is 3. The standard InChI is InChI=1S/C26H33F3N4O4/c1-5-33(19-8-6-18(7-9-19)32-25(36)37)22-12-17(26(27,28)29)11-20(16(22)4)23(34)30-13-21-14(2)10-15(3)31-24(21)35/h10-12,18-19,32H,5-9,13H2,1-4H3,(H,30,34)(H,31,35)(H,36,37)/t18-,19-. The Morgan fingerprint density at radius 1 is 1.11 bits per heavy atom. The van der Waals surface area contributed by atoms with Crippen molar-refractivity contribution in [2.45, 2.75) is 78.2 Å². The van der Waals surface area contributed by atoms with Gasteiger partial charge in [-0.1, -0.05) is 0 Å². The van der Waals surface area contributed by atoms with E-state index in [9.17, 15) is 27.6 Å². The van der Waals surface area contributed by atoms with E-state index in [4.69, 9.17) is 5.11 Å². The first-order valence-electron chi connectivity index (χ1n) is 12.3. The number of hydrogen-bond donors (Lipinski definition) is 4. The lowest BCUT2D eigenvalue weighted by atomic mass is 9.89. The predicted molar refractivity (Wildman–Crippen MR) is 134 cm³/mol. The second-order valence-corrected chi connectivity index (χ2v) is 9.53. The molecule has 1 aliphatic rings. The van der Waals surface area contributed by atoms with Crippen molar-refractivity contribution in [3.8, 4) is 0 Å². The van der Waals surface area contributed by atoms with Gasteiger partial charge in [0.1, 0.15) is 0 Å². The van der Waals surface area contributed by atoms with E-state index >= 15 is 0 Å². The summed E-state index contributed by atoms with van der Waals surface area (Å²) in [5.41, 5.74) is 1.02. The molecule has 3 rings (SSSR count). The highest BCUT2D eigenvalue weighted by molar-refractivity contribution is 5.97. The van der Waals surface area contributed by atoms with Crippen LogP contribution in [0.1, 0.15) is 70.9 Å². The zero-order valence-electron chi connectivity index (χ0n) is 21.4. The quantitative estimate of drug-likeness (QED) is 0.423. The maximum Gasteiger partial charge on any atom is 0.416 e. The molecule has 0 unspecified atom stereocenters. The SMILES string of the molecule is CCN(c1cc(C(F)(F)F)cc(C(=O)NCc2c(C)cc(C)[nH]c2=O)c1C)[C@H]1CC[C@H](NC(=O)O)CC1. The van der Waals surface area contributed by atoms with Gasteiger partial charge in [-0.25, -0.2) is 4.79 Å². The van der Waals surface area contributed by atoms with Crippen LogP contribution in [0.3, 0.4) is 0 Å². The summed E-state index contributed by atoms with van der Waals surface area (Å²) in [5.74, 6) is -0.699. The number of anilines is 1. The summed E-state index contributed by atoms with van der Waals surface area (Å²) in [6.45, 7) is 7.23. The smallest absolute Gasteiger partial charge is 0.416 e. The molecular weight excluding hydrogens is 489 g/mol. The zero-order chi connectivity index (χ0) is 27.5. The van der Waals surface area contributed by atoms with Crippen LogP contribution in [0.15, 0.2) is 23.0 Å². The van der Waals surface area contributed by atoms with E-state index < -0.39 is 23.7 Å². The van der Waals surface area contributed by atoms with Crippen LogP contribution in [-0.2, 0) is 12.7 Å². The minimum atomic E-state index is -4.66. The van der Waals surface area contributed by atoms with E-state index in [1.807, 2.05) is 11.8 Å². The van der Waals surface area contributed by atoms with Crippen LogP contribution in [-0.4, -0.2) is 40.7 Å². The van der Waals surface area contributed by atoms with Crippen LogP contribution >= 0.6 is 0 Å². The second kappa shape index (κ2) is 11.3. The summed E-state index contributed by atoms with van der Waals surface area (Å²) >= 11 is 0. The topological polar surface area (TPSA) is 115 Å². The third-order valence-electron chi connectivity index (χ3n) is 6.99.